The van der Waals surface area contributed by atoms with Gasteiger partial charge in [-0.15, -0.1) is 0 Å². The Morgan fingerprint density at radius 2 is 2.23 bits per heavy atom. The minimum absolute atomic E-state index is 0.0722. The van der Waals surface area contributed by atoms with Gasteiger partial charge in [-0.25, -0.2) is 9.67 Å². The highest BCUT2D eigenvalue weighted by molar-refractivity contribution is 5.82. The van der Waals surface area contributed by atoms with Gasteiger partial charge in [0.15, 0.2) is 0 Å². The van der Waals surface area contributed by atoms with Crippen LogP contribution in [0.3, 0.4) is 0 Å². The quantitative estimate of drug-likeness (QED) is 0.865. The molecule has 1 aliphatic heterocycles. The van der Waals surface area contributed by atoms with Crippen LogP contribution in [0.15, 0.2) is 30.3 Å². The zero-order chi connectivity index (χ0) is 15.5. The van der Waals surface area contributed by atoms with E-state index in [0.717, 1.165) is 30.1 Å². The van der Waals surface area contributed by atoms with Crippen LogP contribution in [0, 0.1) is 6.92 Å². The van der Waals surface area contributed by atoms with Crippen LogP contribution >= 0.6 is 0 Å². The average Bonchev–Trinajstić information content (AvgIpc) is 2.87. The monoisotopic (exact) mass is 299 g/mol. The minimum atomic E-state index is -0.527. The number of rotatable bonds is 4. The van der Waals surface area contributed by atoms with Crippen LogP contribution in [0.4, 0.5) is 0 Å². The van der Waals surface area contributed by atoms with Crippen molar-refractivity contribution in [3.8, 4) is 0 Å². The van der Waals surface area contributed by atoms with E-state index in [9.17, 15) is 4.79 Å². The Hall–Kier alpha value is -2.21. The number of hydrogen-bond donors (Lipinski definition) is 2. The molecule has 2 aromatic rings. The van der Waals surface area contributed by atoms with Gasteiger partial charge in [0.25, 0.3) is 0 Å². The number of aromatic nitrogens is 3. The molecule has 6 heteroatoms. The number of aryl methyl sites for hydroxylation is 2. The van der Waals surface area contributed by atoms with Crippen molar-refractivity contribution in [1.29, 1.82) is 0 Å². The number of carbonyl (C=O) groups excluding carboxylic acids is 1. The van der Waals surface area contributed by atoms with Crippen LogP contribution in [0.2, 0.25) is 0 Å². The van der Waals surface area contributed by atoms with E-state index in [2.05, 4.69) is 15.4 Å². The molecule has 1 aromatic heterocycles. The Morgan fingerprint density at radius 1 is 1.45 bits per heavy atom. The van der Waals surface area contributed by atoms with Crippen molar-refractivity contribution in [3.05, 3.63) is 47.5 Å². The second kappa shape index (κ2) is 6.27. The Balaban J connectivity index is 1.56. The molecule has 0 radical (unpaired) electrons. The van der Waals surface area contributed by atoms with Gasteiger partial charge in [0.05, 0.1) is 12.6 Å². The predicted octanol–water partition coefficient (Wildman–Crippen LogP) is 0.588. The fourth-order valence-corrected chi connectivity index (χ4v) is 2.82. The smallest absolute Gasteiger partial charge is 0.237 e. The van der Waals surface area contributed by atoms with Crippen LogP contribution < -0.4 is 11.1 Å². The summed E-state index contributed by atoms with van der Waals surface area (Å²) in [6.45, 7) is 2.55. The van der Waals surface area contributed by atoms with Crippen LogP contribution in [0.5, 0.6) is 0 Å². The highest BCUT2D eigenvalue weighted by Gasteiger charge is 2.24. The Bertz CT molecular complexity index is 652. The molecule has 0 fully saturated rings. The summed E-state index contributed by atoms with van der Waals surface area (Å²) in [5.41, 5.74) is 7.09. The first-order valence-electron chi connectivity index (χ1n) is 7.62. The van der Waals surface area contributed by atoms with Crippen LogP contribution in [-0.2, 0) is 24.2 Å². The molecule has 1 amide bonds. The number of nitrogens with one attached hydrogen (secondary N) is 1. The highest BCUT2D eigenvalue weighted by Crippen LogP contribution is 2.13. The molecule has 0 spiro atoms. The lowest BCUT2D eigenvalue weighted by atomic mass is 10.0. The van der Waals surface area contributed by atoms with Crippen molar-refractivity contribution in [1.82, 2.24) is 20.1 Å². The lowest BCUT2D eigenvalue weighted by Crippen LogP contribution is -2.49. The molecule has 1 aliphatic rings. The van der Waals surface area contributed by atoms with Gasteiger partial charge in [-0.3, -0.25) is 4.79 Å². The summed E-state index contributed by atoms with van der Waals surface area (Å²) in [7, 11) is 0. The third kappa shape index (κ3) is 3.33. The number of carbonyl (C=O) groups is 1. The topological polar surface area (TPSA) is 85.8 Å². The van der Waals surface area contributed by atoms with Crippen molar-refractivity contribution in [2.24, 2.45) is 5.73 Å². The third-order valence-electron chi connectivity index (χ3n) is 3.95. The number of nitrogens with two attached hydrogens (primary N) is 1. The van der Waals surface area contributed by atoms with E-state index < -0.39 is 6.04 Å². The van der Waals surface area contributed by atoms with Gasteiger partial charge in [-0.05, 0) is 25.3 Å². The zero-order valence-electron chi connectivity index (χ0n) is 12.7. The van der Waals surface area contributed by atoms with Gasteiger partial charge in [-0.2, -0.15) is 5.10 Å². The number of nitrogens with zero attached hydrogens (tertiary/aromatic N) is 3. The number of amides is 1. The maximum Gasteiger partial charge on any atom is 0.237 e. The second-order valence-corrected chi connectivity index (χ2v) is 5.80. The molecule has 6 nitrogen and oxygen atoms in total. The normalized spacial score (nSPS) is 18.5. The lowest BCUT2D eigenvalue weighted by Gasteiger charge is -2.25. The van der Waals surface area contributed by atoms with Crippen molar-refractivity contribution in [2.75, 3.05) is 0 Å². The fourth-order valence-electron chi connectivity index (χ4n) is 2.82. The molecule has 0 saturated carbocycles. The average molecular weight is 299 g/mol. The molecule has 2 heterocycles. The minimum Gasteiger partial charge on any atom is -0.350 e. The van der Waals surface area contributed by atoms with E-state index >= 15 is 0 Å². The molecular weight excluding hydrogens is 278 g/mol. The van der Waals surface area contributed by atoms with Crippen molar-refractivity contribution in [3.63, 3.8) is 0 Å². The Labute approximate surface area is 129 Å². The standard InChI is InChI=1S/C16H21N5O/c1-11-18-15-8-7-13(10-21(15)20-11)19-16(22)14(17)9-12-5-3-2-4-6-12/h2-6,13-14H,7-10,17H2,1H3,(H,19,22)/t13?,14-/m0/s1. The molecule has 116 valence electrons. The summed E-state index contributed by atoms with van der Waals surface area (Å²) >= 11 is 0. The first-order chi connectivity index (χ1) is 10.6. The molecule has 0 aliphatic carbocycles. The van der Waals surface area contributed by atoms with Crippen LogP contribution in [0.1, 0.15) is 23.6 Å². The SMILES string of the molecule is Cc1nc2n(n1)CC(NC(=O)[C@@H](N)Cc1ccccc1)CC2. The summed E-state index contributed by atoms with van der Waals surface area (Å²) in [6, 6.07) is 9.38. The zero-order valence-corrected chi connectivity index (χ0v) is 12.7. The van der Waals surface area contributed by atoms with E-state index in [0.29, 0.717) is 13.0 Å². The van der Waals surface area contributed by atoms with E-state index in [-0.39, 0.29) is 11.9 Å². The number of benzene rings is 1. The summed E-state index contributed by atoms with van der Waals surface area (Å²) < 4.78 is 1.88. The second-order valence-electron chi connectivity index (χ2n) is 5.80. The van der Waals surface area contributed by atoms with Crippen LogP contribution in [0.25, 0.3) is 0 Å². The molecule has 22 heavy (non-hydrogen) atoms. The van der Waals surface area contributed by atoms with E-state index in [1.807, 2.05) is 41.9 Å². The Kier molecular flexibility index (Phi) is 4.20. The summed E-state index contributed by atoms with van der Waals surface area (Å²) in [6.07, 6.45) is 2.26. The Morgan fingerprint density at radius 3 is 3.00 bits per heavy atom. The van der Waals surface area contributed by atoms with E-state index in [1.165, 1.54) is 0 Å². The molecule has 0 bridgehead atoms. The number of hydrogen-bond acceptors (Lipinski definition) is 4. The van der Waals surface area contributed by atoms with Gasteiger partial charge in [0, 0.05) is 12.5 Å². The van der Waals surface area contributed by atoms with Gasteiger partial charge in [0.2, 0.25) is 5.91 Å². The summed E-state index contributed by atoms with van der Waals surface area (Å²) in [5, 5.41) is 7.38. The molecule has 1 unspecified atom stereocenters. The van der Waals surface area contributed by atoms with Gasteiger partial charge < -0.3 is 11.1 Å². The lowest BCUT2D eigenvalue weighted by molar-refractivity contribution is -0.123. The molecule has 3 rings (SSSR count). The maximum absolute atomic E-state index is 12.3. The van der Waals surface area contributed by atoms with Crippen molar-refractivity contribution < 1.29 is 4.79 Å². The first-order valence-corrected chi connectivity index (χ1v) is 7.62. The molecular formula is C16H21N5O. The first kappa shape index (κ1) is 14.7. The highest BCUT2D eigenvalue weighted by atomic mass is 16.2. The summed E-state index contributed by atoms with van der Waals surface area (Å²) in [4.78, 5) is 16.6. The van der Waals surface area contributed by atoms with Crippen LogP contribution in [-0.4, -0.2) is 32.8 Å². The molecule has 1 aromatic carbocycles. The van der Waals surface area contributed by atoms with E-state index in [1.54, 1.807) is 0 Å². The van der Waals surface area contributed by atoms with Gasteiger partial charge in [-0.1, -0.05) is 30.3 Å². The van der Waals surface area contributed by atoms with Gasteiger partial charge >= 0.3 is 0 Å². The predicted molar refractivity (Wildman–Crippen MR) is 83.1 cm³/mol. The van der Waals surface area contributed by atoms with Crippen molar-refractivity contribution in [2.45, 2.75) is 44.8 Å². The largest absolute Gasteiger partial charge is 0.350 e. The third-order valence-corrected chi connectivity index (χ3v) is 3.95. The summed E-state index contributed by atoms with van der Waals surface area (Å²) in [5.74, 6) is 1.67. The molecule has 2 atom stereocenters. The molecule has 3 N–H and O–H groups in total. The maximum atomic E-state index is 12.3. The van der Waals surface area contributed by atoms with Gasteiger partial charge in [0.1, 0.15) is 11.6 Å². The van der Waals surface area contributed by atoms with E-state index in [4.69, 9.17) is 5.73 Å². The molecule has 0 saturated heterocycles. The van der Waals surface area contributed by atoms with Crippen molar-refractivity contribution >= 4 is 5.91 Å². The number of fused-ring (bicyclic) bond motifs is 1. The fraction of sp³-hybridized carbons (Fsp3) is 0.438.